The number of unbranched alkanes of at least 4 members (excludes halogenated alkanes) is 2. The lowest BCUT2D eigenvalue weighted by molar-refractivity contribution is -0.231. The molecule has 2 unspecified atom stereocenters. The zero-order valence-electron chi connectivity index (χ0n) is 23.4. The van der Waals surface area contributed by atoms with Crippen molar-refractivity contribution in [1.82, 2.24) is 4.31 Å². The van der Waals surface area contributed by atoms with Crippen LogP contribution in [0.15, 0.2) is 40.9 Å². The van der Waals surface area contributed by atoms with Crippen molar-refractivity contribution in [2.24, 2.45) is 16.8 Å². The average molecular weight is 567 g/mol. The van der Waals surface area contributed by atoms with Crippen LogP contribution in [0.5, 0.6) is 11.5 Å². The highest BCUT2D eigenvalue weighted by Gasteiger charge is 2.58. The van der Waals surface area contributed by atoms with Gasteiger partial charge in [0.25, 0.3) is 0 Å². The predicted octanol–water partition coefficient (Wildman–Crippen LogP) is 4.28. The molecule has 1 fully saturated rings. The molecular weight excluding hydrogens is 524 g/mol. The Labute approximate surface area is 231 Å². The van der Waals surface area contributed by atoms with E-state index in [0.717, 1.165) is 49.7 Å². The second kappa shape index (κ2) is 12.8. The highest BCUT2D eigenvalue weighted by atomic mass is 32.2. The molecule has 1 aromatic carbocycles. The van der Waals surface area contributed by atoms with Crippen molar-refractivity contribution >= 4 is 16.4 Å². The van der Waals surface area contributed by atoms with E-state index in [9.17, 15) is 28.3 Å². The average Bonchev–Trinajstić information content (AvgIpc) is 2.81. The summed E-state index contributed by atoms with van der Waals surface area (Å²) in [4.78, 5) is 4.02. The van der Waals surface area contributed by atoms with Gasteiger partial charge in [-0.25, -0.2) is 4.99 Å². The van der Waals surface area contributed by atoms with E-state index >= 15 is 0 Å². The lowest BCUT2D eigenvalue weighted by atomic mass is 9.73. The van der Waals surface area contributed by atoms with E-state index in [1.165, 1.54) is 19.5 Å². The fourth-order valence-electron chi connectivity index (χ4n) is 5.46. The molecule has 1 aliphatic carbocycles. The van der Waals surface area contributed by atoms with Crippen molar-refractivity contribution < 1.29 is 37.8 Å². The normalized spacial score (nSPS) is 26.9. The van der Waals surface area contributed by atoms with Gasteiger partial charge < -0.3 is 24.8 Å². The summed E-state index contributed by atoms with van der Waals surface area (Å²) in [6.45, 7) is 11.7. The summed E-state index contributed by atoms with van der Waals surface area (Å²) in [7, 11) is -3.47. The van der Waals surface area contributed by atoms with Crippen molar-refractivity contribution in [1.29, 1.82) is 0 Å². The molecule has 1 saturated heterocycles. The number of hydrogen-bond donors (Lipinski definition) is 4. The first-order valence-corrected chi connectivity index (χ1v) is 14.8. The van der Waals surface area contributed by atoms with Gasteiger partial charge in [-0.05, 0) is 70.1 Å². The Hall–Kier alpha value is -2.44. The third kappa shape index (κ3) is 7.01. The van der Waals surface area contributed by atoms with Crippen LogP contribution in [0.3, 0.4) is 0 Å². The first-order chi connectivity index (χ1) is 18.3. The Morgan fingerprint density at radius 3 is 2.56 bits per heavy atom. The molecule has 0 aromatic heterocycles. The Morgan fingerprint density at radius 1 is 1.31 bits per heavy atom. The summed E-state index contributed by atoms with van der Waals surface area (Å²) < 4.78 is 45.5. The van der Waals surface area contributed by atoms with Crippen LogP contribution >= 0.6 is 0 Å². The van der Waals surface area contributed by atoms with Gasteiger partial charge in [-0.15, -0.1) is 4.31 Å². The van der Waals surface area contributed by atoms with Crippen LogP contribution in [0.4, 0.5) is 0 Å². The monoisotopic (exact) mass is 566 g/mol. The number of aliphatic imine (C=N–C) groups is 1. The second-order valence-electron chi connectivity index (χ2n) is 10.7. The summed E-state index contributed by atoms with van der Waals surface area (Å²) in [6.07, 6.45) is 2.96. The molecule has 0 saturated carbocycles. The highest BCUT2D eigenvalue weighted by Crippen LogP contribution is 2.47. The number of aromatic hydroxyl groups is 1. The van der Waals surface area contributed by atoms with Crippen LogP contribution in [0.2, 0.25) is 0 Å². The van der Waals surface area contributed by atoms with Crippen molar-refractivity contribution in [2.75, 3.05) is 7.05 Å². The summed E-state index contributed by atoms with van der Waals surface area (Å²) in [5.74, 6) is -0.850. The molecule has 0 radical (unpaired) electrons. The molecule has 1 heterocycles. The van der Waals surface area contributed by atoms with Gasteiger partial charge in [0.05, 0.1) is 12.0 Å². The Bertz CT molecular complexity index is 1210. The maximum absolute atomic E-state index is 11.9. The molecule has 1 aromatic rings. The standard InChI is InChI=1S/C28H42N2O8S/c1-7-8-9-10-19-14-22(32)25(21-13-17(4)11-12-20(21)16(2)3)23(15-19)37-28(29-6)38-27-24(18(5)31)26(33)30(27)39(34,35)36/h13-15,18,20-21,24,26-27,31-33H,2,7-12H2,1,3-6H3,(H,34,35,36)/b29-28+/t18-,20+,21-,24+,26?,27?/m1/s1. The summed E-state index contributed by atoms with van der Waals surface area (Å²) in [6, 6.07) is 3.58. The van der Waals surface area contributed by atoms with E-state index in [1.54, 1.807) is 6.07 Å². The predicted molar refractivity (Wildman–Crippen MR) is 149 cm³/mol. The molecule has 3 rings (SSSR count). The smallest absolute Gasteiger partial charge is 0.390 e. The molecule has 39 heavy (non-hydrogen) atoms. The number of benzene rings is 1. The van der Waals surface area contributed by atoms with Gasteiger partial charge in [-0.3, -0.25) is 4.55 Å². The van der Waals surface area contributed by atoms with Crippen molar-refractivity contribution in [3.63, 3.8) is 0 Å². The zero-order valence-corrected chi connectivity index (χ0v) is 24.2. The summed E-state index contributed by atoms with van der Waals surface area (Å²) in [5, 5.41) is 31.6. The number of aliphatic hydroxyl groups excluding tert-OH is 2. The van der Waals surface area contributed by atoms with Gasteiger partial charge in [0, 0.05) is 18.5 Å². The lowest BCUT2D eigenvalue weighted by Gasteiger charge is -2.49. The van der Waals surface area contributed by atoms with Crippen LogP contribution in [-0.2, 0) is 21.5 Å². The minimum atomic E-state index is -4.85. The zero-order chi connectivity index (χ0) is 29.1. The van der Waals surface area contributed by atoms with Crippen LogP contribution in [0.1, 0.15) is 76.8 Å². The fourth-order valence-corrected chi connectivity index (χ4v) is 6.32. The maximum atomic E-state index is 11.9. The van der Waals surface area contributed by atoms with E-state index in [-0.39, 0.29) is 23.7 Å². The van der Waals surface area contributed by atoms with Crippen LogP contribution in [0.25, 0.3) is 0 Å². The number of phenols is 1. The second-order valence-corrected chi connectivity index (χ2v) is 12.0. The summed E-state index contributed by atoms with van der Waals surface area (Å²) in [5.41, 5.74) is 3.56. The molecule has 2 aliphatic rings. The van der Waals surface area contributed by atoms with Crippen molar-refractivity contribution in [3.8, 4) is 11.5 Å². The Morgan fingerprint density at radius 2 is 2.00 bits per heavy atom. The van der Waals surface area contributed by atoms with Gasteiger partial charge in [0.15, 0.2) is 6.23 Å². The van der Waals surface area contributed by atoms with E-state index in [0.29, 0.717) is 15.6 Å². The number of hydrogen-bond acceptors (Lipinski definition) is 8. The number of ether oxygens (including phenoxy) is 2. The fraction of sp³-hybridized carbons (Fsp3) is 0.607. The quantitative estimate of drug-likeness (QED) is 0.108. The van der Waals surface area contributed by atoms with E-state index in [2.05, 4.69) is 24.6 Å². The van der Waals surface area contributed by atoms with E-state index in [1.807, 2.05) is 19.9 Å². The Balaban J connectivity index is 2.03. The largest absolute Gasteiger partial charge is 0.507 e. The SMILES string of the molecule is C=C(C)[C@@H]1CCC(C)=C[C@H]1c1c(O)cc(CCCCC)cc1O/C(=N\C)OC1[C@@H]([C@@H](C)O)C(O)N1S(=O)(=O)O. The topological polar surface area (TPSA) is 149 Å². The van der Waals surface area contributed by atoms with Gasteiger partial charge in [0.2, 0.25) is 0 Å². The van der Waals surface area contributed by atoms with Crippen LogP contribution < -0.4 is 4.74 Å². The molecule has 10 nitrogen and oxygen atoms in total. The van der Waals surface area contributed by atoms with E-state index < -0.39 is 34.8 Å². The van der Waals surface area contributed by atoms with Gasteiger partial charge >= 0.3 is 16.4 Å². The highest BCUT2D eigenvalue weighted by molar-refractivity contribution is 7.83. The molecule has 0 spiro atoms. The Kier molecular flexibility index (Phi) is 10.2. The van der Waals surface area contributed by atoms with Gasteiger partial charge in [-0.1, -0.05) is 43.6 Å². The molecule has 218 valence electrons. The number of phenolic OH excluding ortho intramolecular Hbond substituents is 1. The van der Waals surface area contributed by atoms with Crippen LogP contribution in [-0.4, -0.2) is 64.3 Å². The molecule has 6 atom stereocenters. The number of allylic oxidation sites excluding steroid dienone is 3. The van der Waals surface area contributed by atoms with E-state index in [4.69, 9.17) is 9.47 Å². The van der Waals surface area contributed by atoms with Gasteiger partial charge in [-0.2, -0.15) is 8.42 Å². The summed E-state index contributed by atoms with van der Waals surface area (Å²) >= 11 is 0. The van der Waals surface area contributed by atoms with Crippen LogP contribution in [0, 0.1) is 11.8 Å². The number of rotatable bonds is 10. The number of nitrogens with zero attached hydrogens (tertiary/aromatic N) is 2. The number of aliphatic hydroxyl groups is 2. The van der Waals surface area contributed by atoms with Crippen molar-refractivity contribution in [2.45, 2.75) is 90.7 Å². The third-order valence-corrected chi connectivity index (χ3v) is 8.53. The molecule has 11 heteroatoms. The van der Waals surface area contributed by atoms with Gasteiger partial charge in [0.1, 0.15) is 17.7 Å². The molecule has 1 aliphatic heterocycles. The molecular formula is C28H42N2O8S. The first-order valence-electron chi connectivity index (χ1n) is 13.4. The van der Waals surface area contributed by atoms with Crippen molar-refractivity contribution in [3.05, 3.63) is 47.1 Å². The molecule has 0 amide bonds. The first kappa shape index (κ1) is 31.1. The number of aryl methyl sites for hydroxylation is 1. The minimum Gasteiger partial charge on any atom is -0.507 e. The maximum Gasteiger partial charge on any atom is 0.390 e. The lowest BCUT2D eigenvalue weighted by Crippen LogP contribution is -2.69. The molecule has 0 bridgehead atoms. The third-order valence-electron chi connectivity index (χ3n) is 7.57. The molecule has 4 N–H and O–H groups in total. The minimum absolute atomic E-state index is 0.0623.